The SMILES string of the molecule is CCCC(O)C(C#N)c1ccc(C(C)C)cc1. The van der Waals surface area contributed by atoms with Crippen molar-refractivity contribution in [2.45, 2.75) is 51.6 Å². The number of aliphatic hydroxyl groups excluding tert-OH is 1. The van der Waals surface area contributed by atoms with Crippen molar-refractivity contribution in [1.29, 1.82) is 5.26 Å². The zero-order chi connectivity index (χ0) is 12.8. The average Bonchev–Trinajstić information content (AvgIpc) is 2.31. The van der Waals surface area contributed by atoms with Gasteiger partial charge in [-0.2, -0.15) is 5.26 Å². The minimum absolute atomic E-state index is 0.406. The zero-order valence-corrected chi connectivity index (χ0v) is 10.9. The van der Waals surface area contributed by atoms with E-state index >= 15 is 0 Å². The minimum Gasteiger partial charge on any atom is -0.391 e. The van der Waals surface area contributed by atoms with Gasteiger partial charge in [0.15, 0.2) is 0 Å². The molecule has 1 rings (SSSR count). The molecule has 1 aromatic rings. The van der Waals surface area contributed by atoms with Crippen molar-refractivity contribution >= 4 is 0 Å². The second kappa shape index (κ2) is 6.42. The Morgan fingerprint density at radius 3 is 2.12 bits per heavy atom. The Balaban J connectivity index is 2.87. The third-order valence-electron chi connectivity index (χ3n) is 3.07. The van der Waals surface area contributed by atoms with Gasteiger partial charge in [0.1, 0.15) is 0 Å². The Labute approximate surface area is 104 Å². The Morgan fingerprint density at radius 2 is 1.71 bits per heavy atom. The second-order valence-corrected chi connectivity index (χ2v) is 4.78. The number of hydrogen-bond acceptors (Lipinski definition) is 2. The maximum atomic E-state index is 9.92. The molecule has 0 heterocycles. The molecule has 0 bridgehead atoms. The van der Waals surface area contributed by atoms with Crippen LogP contribution in [0.1, 0.15) is 56.6 Å². The fourth-order valence-electron chi connectivity index (χ4n) is 1.93. The summed E-state index contributed by atoms with van der Waals surface area (Å²) in [5.41, 5.74) is 2.17. The summed E-state index contributed by atoms with van der Waals surface area (Å²) < 4.78 is 0. The van der Waals surface area contributed by atoms with E-state index in [-0.39, 0.29) is 0 Å². The highest BCUT2D eigenvalue weighted by atomic mass is 16.3. The Bertz CT molecular complexity index is 375. The van der Waals surface area contributed by atoms with Crippen LogP contribution in [0.25, 0.3) is 0 Å². The smallest absolute Gasteiger partial charge is 0.0971 e. The van der Waals surface area contributed by atoms with Crippen LogP contribution in [0, 0.1) is 11.3 Å². The fraction of sp³-hybridized carbons (Fsp3) is 0.533. The maximum absolute atomic E-state index is 9.92. The Kier molecular flexibility index (Phi) is 5.18. The molecule has 0 aliphatic heterocycles. The lowest BCUT2D eigenvalue weighted by atomic mass is 9.90. The van der Waals surface area contributed by atoms with Crippen molar-refractivity contribution in [3.63, 3.8) is 0 Å². The van der Waals surface area contributed by atoms with Crippen molar-refractivity contribution in [3.05, 3.63) is 35.4 Å². The predicted molar refractivity (Wildman–Crippen MR) is 69.8 cm³/mol. The Morgan fingerprint density at radius 1 is 1.18 bits per heavy atom. The number of nitriles is 1. The third kappa shape index (κ3) is 3.57. The van der Waals surface area contributed by atoms with Crippen molar-refractivity contribution < 1.29 is 5.11 Å². The summed E-state index contributed by atoms with van der Waals surface area (Å²) in [6, 6.07) is 10.2. The molecule has 0 aromatic heterocycles. The first kappa shape index (κ1) is 13.7. The molecule has 0 spiro atoms. The van der Waals surface area contributed by atoms with Gasteiger partial charge in [-0.1, -0.05) is 51.5 Å². The van der Waals surface area contributed by atoms with Crippen LogP contribution < -0.4 is 0 Å². The first-order chi connectivity index (χ1) is 8.10. The normalized spacial score (nSPS) is 14.4. The van der Waals surface area contributed by atoms with Gasteiger partial charge in [-0.3, -0.25) is 0 Å². The topological polar surface area (TPSA) is 44.0 Å². The molecule has 0 fully saturated rings. The minimum atomic E-state index is -0.560. The van der Waals surface area contributed by atoms with Crippen LogP contribution in [0.5, 0.6) is 0 Å². The van der Waals surface area contributed by atoms with Gasteiger partial charge in [0.05, 0.1) is 18.1 Å². The summed E-state index contributed by atoms with van der Waals surface area (Å²) in [4.78, 5) is 0. The predicted octanol–water partition coefficient (Wildman–Crippen LogP) is 3.58. The lowest BCUT2D eigenvalue weighted by Crippen LogP contribution is -2.16. The quantitative estimate of drug-likeness (QED) is 0.841. The molecule has 2 unspecified atom stereocenters. The highest BCUT2D eigenvalue weighted by molar-refractivity contribution is 5.31. The van der Waals surface area contributed by atoms with Crippen molar-refractivity contribution in [2.24, 2.45) is 0 Å². The summed E-state index contributed by atoms with van der Waals surface area (Å²) in [6.07, 6.45) is 1.00. The molecular weight excluding hydrogens is 210 g/mol. The van der Waals surface area contributed by atoms with Gasteiger partial charge in [0, 0.05) is 0 Å². The van der Waals surface area contributed by atoms with E-state index in [0.29, 0.717) is 12.3 Å². The first-order valence-electron chi connectivity index (χ1n) is 6.27. The standard InChI is InChI=1S/C15H21NO/c1-4-5-15(17)14(10-16)13-8-6-12(7-9-13)11(2)3/h6-9,11,14-15,17H,4-5H2,1-3H3. The summed E-state index contributed by atoms with van der Waals surface area (Å²) >= 11 is 0. The molecule has 0 radical (unpaired) electrons. The Hall–Kier alpha value is -1.33. The van der Waals surface area contributed by atoms with E-state index in [0.717, 1.165) is 12.0 Å². The number of hydrogen-bond donors (Lipinski definition) is 1. The van der Waals surface area contributed by atoms with Gasteiger partial charge < -0.3 is 5.11 Å². The summed E-state index contributed by atoms with van der Waals surface area (Å²) in [6.45, 7) is 6.30. The van der Waals surface area contributed by atoms with Gasteiger partial charge in [0.2, 0.25) is 0 Å². The molecule has 2 heteroatoms. The monoisotopic (exact) mass is 231 g/mol. The van der Waals surface area contributed by atoms with Gasteiger partial charge in [0.25, 0.3) is 0 Å². The van der Waals surface area contributed by atoms with Crippen LogP contribution in [0.15, 0.2) is 24.3 Å². The van der Waals surface area contributed by atoms with E-state index in [4.69, 9.17) is 5.26 Å². The lowest BCUT2D eigenvalue weighted by Gasteiger charge is -2.17. The molecule has 0 aliphatic carbocycles. The molecule has 0 aliphatic rings. The van der Waals surface area contributed by atoms with Crippen LogP contribution in [-0.2, 0) is 0 Å². The van der Waals surface area contributed by atoms with E-state index in [9.17, 15) is 5.11 Å². The van der Waals surface area contributed by atoms with Crippen LogP contribution in [-0.4, -0.2) is 11.2 Å². The van der Waals surface area contributed by atoms with Crippen LogP contribution in [0.3, 0.4) is 0 Å². The van der Waals surface area contributed by atoms with Crippen LogP contribution in [0.2, 0.25) is 0 Å². The van der Waals surface area contributed by atoms with Gasteiger partial charge in [-0.05, 0) is 23.5 Å². The second-order valence-electron chi connectivity index (χ2n) is 4.78. The molecular formula is C15H21NO. The fourth-order valence-corrected chi connectivity index (χ4v) is 1.93. The van der Waals surface area contributed by atoms with Gasteiger partial charge in [-0.25, -0.2) is 0 Å². The van der Waals surface area contributed by atoms with E-state index in [1.54, 1.807) is 0 Å². The number of rotatable bonds is 5. The van der Waals surface area contributed by atoms with E-state index in [1.807, 2.05) is 31.2 Å². The molecule has 0 saturated carbocycles. The third-order valence-corrected chi connectivity index (χ3v) is 3.07. The summed E-state index contributed by atoms with van der Waals surface area (Å²) in [7, 11) is 0. The molecule has 17 heavy (non-hydrogen) atoms. The molecule has 1 aromatic carbocycles. The maximum Gasteiger partial charge on any atom is 0.0971 e. The highest BCUT2D eigenvalue weighted by Gasteiger charge is 2.19. The largest absolute Gasteiger partial charge is 0.391 e. The molecule has 1 N–H and O–H groups in total. The van der Waals surface area contributed by atoms with E-state index in [1.165, 1.54) is 5.56 Å². The first-order valence-corrected chi connectivity index (χ1v) is 6.27. The number of aliphatic hydroxyl groups is 1. The van der Waals surface area contributed by atoms with Crippen molar-refractivity contribution in [3.8, 4) is 6.07 Å². The van der Waals surface area contributed by atoms with Crippen LogP contribution in [0.4, 0.5) is 0 Å². The van der Waals surface area contributed by atoms with E-state index in [2.05, 4.69) is 19.9 Å². The van der Waals surface area contributed by atoms with E-state index < -0.39 is 12.0 Å². The summed E-state index contributed by atoms with van der Waals surface area (Å²) in [5, 5.41) is 19.1. The summed E-state index contributed by atoms with van der Waals surface area (Å²) in [5.74, 6) is 0.0845. The average molecular weight is 231 g/mol. The molecule has 2 nitrogen and oxygen atoms in total. The molecule has 0 saturated heterocycles. The highest BCUT2D eigenvalue weighted by Crippen LogP contribution is 2.24. The molecule has 2 atom stereocenters. The lowest BCUT2D eigenvalue weighted by molar-refractivity contribution is 0.150. The zero-order valence-electron chi connectivity index (χ0n) is 10.9. The van der Waals surface area contributed by atoms with Crippen LogP contribution >= 0.6 is 0 Å². The van der Waals surface area contributed by atoms with Gasteiger partial charge >= 0.3 is 0 Å². The van der Waals surface area contributed by atoms with Crippen molar-refractivity contribution in [1.82, 2.24) is 0 Å². The molecule has 0 amide bonds. The molecule has 92 valence electrons. The number of benzene rings is 1. The van der Waals surface area contributed by atoms with Gasteiger partial charge in [-0.15, -0.1) is 0 Å². The van der Waals surface area contributed by atoms with Crippen molar-refractivity contribution in [2.75, 3.05) is 0 Å². The number of nitrogens with zero attached hydrogens (tertiary/aromatic N) is 1.